The van der Waals surface area contributed by atoms with Crippen LogP contribution in [0.5, 0.6) is 0 Å². The summed E-state index contributed by atoms with van der Waals surface area (Å²) in [6.07, 6.45) is 4.43. The minimum absolute atomic E-state index is 0.0834. The number of nitrogens with one attached hydrogen (secondary N) is 2. The quantitative estimate of drug-likeness (QED) is 0.464. The Morgan fingerprint density at radius 1 is 1.38 bits per heavy atom. The lowest BCUT2D eigenvalue weighted by Crippen LogP contribution is -2.39. The average Bonchev–Trinajstić information content (AvgIpc) is 3.29. The maximum Gasteiger partial charge on any atom is 0.412 e. The molecule has 2 amide bonds. The first kappa shape index (κ1) is 23.0. The van der Waals surface area contributed by atoms with E-state index in [-0.39, 0.29) is 34.3 Å². The smallest absolute Gasteiger partial charge is 0.412 e. The molecule has 0 spiro atoms. The molecule has 4 rings (SSSR count). The molecule has 0 aliphatic carbocycles. The summed E-state index contributed by atoms with van der Waals surface area (Å²) in [6.45, 7) is 5.22. The summed E-state index contributed by atoms with van der Waals surface area (Å²) in [4.78, 5) is 34.8. The number of nitrogens with zero attached hydrogens (tertiary/aromatic N) is 2. The Bertz CT molecular complexity index is 1110. The molecule has 2 aliphatic heterocycles. The third-order valence-electron chi connectivity index (χ3n) is 5.44. The topological polar surface area (TPSA) is 87.3 Å². The maximum atomic E-state index is 15.1. The Morgan fingerprint density at radius 3 is 2.78 bits per heavy atom. The number of benzene rings is 1. The summed E-state index contributed by atoms with van der Waals surface area (Å²) in [5.41, 5.74) is 0.117. The van der Waals surface area contributed by atoms with Gasteiger partial charge in [-0.05, 0) is 80.3 Å². The maximum absolute atomic E-state index is 15.1. The van der Waals surface area contributed by atoms with E-state index >= 15 is 4.39 Å². The zero-order valence-electron chi connectivity index (χ0n) is 17.8. The van der Waals surface area contributed by atoms with Gasteiger partial charge in [-0.25, -0.2) is 14.2 Å². The summed E-state index contributed by atoms with van der Waals surface area (Å²) in [7, 11) is 0. The standard InChI is InChI=1S/C22H23ClFIN4O3/c1-22(2,3)32-21(31)27-14-6-5-13(23)19(24)18(14)11-8-12-4-7-15(29(12)17(30)9-11)20-26-10-16(25)28-20/h5-6,9-10,12,15H,4,7-8H2,1-3H3,(H,26,28)(H,27,31)/t12?,15-/m0/s1. The number of hydrogen-bond donors (Lipinski definition) is 2. The zero-order chi connectivity index (χ0) is 23.2. The van der Waals surface area contributed by atoms with Crippen LogP contribution in [0, 0.1) is 9.52 Å². The predicted molar refractivity (Wildman–Crippen MR) is 128 cm³/mol. The van der Waals surface area contributed by atoms with Crippen molar-refractivity contribution in [1.82, 2.24) is 14.9 Å². The number of halogens is 3. The molecule has 1 aromatic heterocycles. The second-order valence-electron chi connectivity index (χ2n) is 8.89. The fourth-order valence-corrected chi connectivity index (χ4v) is 4.83. The fourth-order valence-electron chi connectivity index (χ4n) is 4.26. The van der Waals surface area contributed by atoms with Crippen LogP contribution >= 0.6 is 34.2 Å². The highest BCUT2D eigenvalue weighted by atomic mass is 127. The zero-order valence-corrected chi connectivity index (χ0v) is 20.8. The van der Waals surface area contributed by atoms with Crippen LogP contribution in [0.2, 0.25) is 5.02 Å². The van der Waals surface area contributed by atoms with Gasteiger partial charge in [0.2, 0.25) is 5.91 Å². The molecule has 10 heteroatoms. The summed E-state index contributed by atoms with van der Waals surface area (Å²) in [5, 5.41) is 2.52. The number of aromatic nitrogens is 2. The van der Waals surface area contributed by atoms with E-state index in [1.165, 1.54) is 18.2 Å². The van der Waals surface area contributed by atoms with Crippen molar-refractivity contribution in [2.45, 2.75) is 57.7 Å². The first-order valence-electron chi connectivity index (χ1n) is 10.2. The van der Waals surface area contributed by atoms with Gasteiger partial charge in [0.15, 0.2) is 5.82 Å². The molecule has 170 valence electrons. The Morgan fingerprint density at radius 2 is 2.12 bits per heavy atom. The molecule has 7 nitrogen and oxygen atoms in total. The van der Waals surface area contributed by atoms with E-state index in [4.69, 9.17) is 16.3 Å². The summed E-state index contributed by atoms with van der Waals surface area (Å²) < 4.78 is 21.3. The van der Waals surface area contributed by atoms with Crippen LogP contribution < -0.4 is 5.32 Å². The Balaban J connectivity index is 1.66. The van der Waals surface area contributed by atoms with Gasteiger partial charge in [0.25, 0.3) is 0 Å². The molecule has 1 unspecified atom stereocenters. The number of amides is 2. The number of ether oxygens (including phenoxy) is 1. The van der Waals surface area contributed by atoms with Crippen molar-refractivity contribution in [1.29, 1.82) is 0 Å². The number of carbonyl (C=O) groups is 2. The normalized spacial score (nSPS) is 20.8. The van der Waals surface area contributed by atoms with Gasteiger partial charge >= 0.3 is 6.09 Å². The number of anilines is 1. The van der Waals surface area contributed by atoms with Crippen LogP contribution in [-0.2, 0) is 9.53 Å². The number of imidazole rings is 1. The predicted octanol–water partition coefficient (Wildman–Crippen LogP) is 5.67. The number of fused-ring (bicyclic) bond motifs is 1. The van der Waals surface area contributed by atoms with Gasteiger partial charge in [-0.3, -0.25) is 10.1 Å². The molecule has 1 fully saturated rings. The Kier molecular flexibility index (Phi) is 6.23. The Hall–Kier alpha value is -2.14. The highest BCUT2D eigenvalue weighted by molar-refractivity contribution is 14.1. The van der Waals surface area contributed by atoms with Crippen molar-refractivity contribution >= 4 is 57.5 Å². The van der Waals surface area contributed by atoms with Gasteiger partial charge in [-0.1, -0.05) is 11.6 Å². The largest absolute Gasteiger partial charge is 0.444 e. The van der Waals surface area contributed by atoms with Crippen LogP contribution in [0.1, 0.15) is 57.5 Å². The van der Waals surface area contributed by atoms with E-state index in [0.717, 1.165) is 22.4 Å². The van der Waals surface area contributed by atoms with Gasteiger partial charge in [0, 0.05) is 17.7 Å². The first-order valence-corrected chi connectivity index (χ1v) is 11.7. The second-order valence-corrected chi connectivity index (χ2v) is 10.5. The molecule has 1 saturated heterocycles. The minimum Gasteiger partial charge on any atom is -0.444 e. The molecule has 2 N–H and O–H groups in total. The summed E-state index contributed by atoms with van der Waals surface area (Å²) >= 11 is 8.19. The lowest BCUT2D eigenvalue weighted by molar-refractivity contribution is -0.129. The summed E-state index contributed by atoms with van der Waals surface area (Å²) in [5.74, 6) is -0.140. The molecule has 0 radical (unpaired) electrons. The molecule has 2 atom stereocenters. The fraction of sp³-hybridized carbons (Fsp3) is 0.409. The van der Waals surface area contributed by atoms with E-state index in [1.54, 1.807) is 27.0 Å². The molecular formula is C22H23ClFIN4O3. The van der Waals surface area contributed by atoms with Crippen LogP contribution in [0.4, 0.5) is 14.9 Å². The Labute approximate surface area is 203 Å². The van der Waals surface area contributed by atoms with Crippen LogP contribution in [0.25, 0.3) is 5.57 Å². The summed E-state index contributed by atoms with van der Waals surface area (Å²) in [6, 6.07) is 2.65. The monoisotopic (exact) mass is 572 g/mol. The molecule has 1 aromatic carbocycles. The van der Waals surface area contributed by atoms with Crippen LogP contribution in [-0.4, -0.2) is 38.5 Å². The number of rotatable bonds is 3. The van der Waals surface area contributed by atoms with Crippen molar-refractivity contribution in [3.05, 3.63) is 50.3 Å². The van der Waals surface area contributed by atoms with Crippen molar-refractivity contribution in [2.24, 2.45) is 0 Å². The number of aromatic amines is 1. The number of hydrogen-bond acceptors (Lipinski definition) is 4. The van der Waals surface area contributed by atoms with Crippen molar-refractivity contribution in [3.63, 3.8) is 0 Å². The van der Waals surface area contributed by atoms with E-state index in [0.29, 0.717) is 12.0 Å². The van der Waals surface area contributed by atoms with Gasteiger partial charge in [0.1, 0.15) is 11.4 Å². The lowest BCUT2D eigenvalue weighted by atomic mass is 9.92. The van der Waals surface area contributed by atoms with E-state index < -0.39 is 17.5 Å². The first-order chi connectivity index (χ1) is 15.0. The van der Waals surface area contributed by atoms with Gasteiger partial charge in [-0.15, -0.1) is 0 Å². The molecule has 3 heterocycles. The van der Waals surface area contributed by atoms with Crippen LogP contribution in [0.3, 0.4) is 0 Å². The number of H-pyrrole nitrogens is 1. The molecule has 32 heavy (non-hydrogen) atoms. The SMILES string of the molecule is CC(C)(C)OC(=O)Nc1ccc(Cl)c(F)c1C1=CC(=O)N2C(CC[C@H]2c2ncc(I)[nH]2)C1. The third-order valence-corrected chi connectivity index (χ3v) is 6.28. The van der Waals surface area contributed by atoms with Crippen molar-refractivity contribution in [2.75, 3.05) is 5.32 Å². The van der Waals surface area contributed by atoms with Gasteiger partial charge in [-0.2, -0.15) is 0 Å². The van der Waals surface area contributed by atoms with Crippen molar-refractivity contribution < 1.29 is 18.7 Å². The molecular weight excluding hydrogens is 550 g/mol. The van der Waals surface area contributed by atoms with Gasteiger partial charge < -0.3 is 14.6 Å². The number of carbonyl (C=O) groups excluding carboxylic acids is 2. The lowest BCUT2D eigenvalue weighted by Gasteiger charge is -2.33. The second kappa shape index (κ2) is 8.66. The third kappa shape index (κ3) is 4.63. The van der Waals surface area contributed by atoms with E-state index in [2.05, 4.69) is 37.9 Å². The molecule has 2 aliphatic rings. The molecule has 0 saturated carbocycles. The average molecular weight is 573 g/mol. The van der Waals surface area contributed by atoms with E-state index in [1.807, 2.05) is 4.90 Å². The van der Waals surface area contributed by atoms with Crippen molar-refractivity contribution in [3.8, 4) is 0 Å². The highest BCUT2D eigenvalue weighted by Gasteiger charge is 2.42. The van der Waals surface area contributed by atoms with Crippen LogP contribution in [0.15, 0.2) is 24.4 Å². The van der Waals surface area contributed by atoms with Gasteiger partial charge in [0.05, 0.1) is 26.6 Å². The highest BCUT2D eigenvalue weighted by Crippen LogP contribution is 2.44. The molecule has 0 bridgehead atoms. The van der Waals surface area contributed by atoms with E-state index in [9.17, 15) is 9.59 Å². The molecule has 2 aromatic rings. The minimum atomic E-state index is -0.710.